The smallest absolute Gasteiger partial charge is 0.177 e. The molecule has 0 saturated carbocycles. The lowest BCUT2D eigenvalue weighted by Gasteiger charge is -2.39. The van der Waals surface area contributed by atoms with Crippen LogP contribution in [0.3, 0.4) is 0 Å². The number of unbranched alkanes of at least 4 members (excludes halogenated alkanes) is 3. The first-order valence-electron chi connectivity index (χ1n) is 8.34. The fourth-order valence-corrected chi connectivity index (χ4v) is 2.94. The Kier molecular flexibility index (Phi) is 7.68. The van der Waals surface area contributed by atoms with Gasteiger partial charge < -0.3 is 5.11 Å². The molecule has 0 aliphatic heterocycles. The van der Waals surface area contributed by atoms with E-state index in [2.05, 4.69) is 32.9 Å². The normalized spacial score (nSPS) is 11.8. The van der Waals surface area contributed by atoms with E-state index in [-0.39, 0.29) is 0 Å². The molecule has 0 spiro atoms. The molecule has 1 aromatic carbocycles. The van der Waals surface area contributed by atoms with Crippen molar-refractivity contribution in [2.24, 2.45) is 0 Å². The molecule has 0 bridgehead atoms. The number of hydrogen-bond donors (Lipinski definition) is 1. The van der Waals surface area contributed by atoms with Crippen molar-refractivity contribution in [3.05, 3.63) is 24.3 Å². The van der Waals surface area contributed by atoms with E-state index in [1.807, 2.05) is 12.1 Å². The van der Waals surface area contributed by atoms with E-state index in [1.165, 1.54) is 38.5 Å². The van der Waals surface area contributed by atoms with Gasteiger partial charge in [0, 0.05) is 6.07 Å². The molecular formula is C18H32NO+. The first kappa shape index (κ1) is 17.0. The Bertz CT molecular complexity index is 354. The first-order chi connectivity index (χ1) is 9.70. The van der Waals surface area contributed by atoms with Gasteiger partial charge in [-0.1, -0.05) is 52.2 Å². The zero-order valence-corrected chi connectivity index (χ0v) is 13.6. The number of hydrogen-bond acceptors (Lipinski definition) is 1. The number of phenolic OH excluding ortho intramolecular Hbond substituents is 1. The molecule has 0 aromatic heterocycles. The molecule has 0 fully saturated rings. The Balaban J connectivity index is 3.08. The molecule has 0 heterocycles. The molecule has 0 aliphatic carbocycles. The Morgan fingerprint density at radius 3 is 1.65 bits per heavy atom. The van der Waals surface area contributed by atoms with Crippen LogP contribution in [-0.2, 0) is 0 Å². The second-order valence-corrected chi connectivity index (χ2v) is 5.87. The van der Waals surface area contributed by atoms with Gasteiger partial charge in [0.1, 0.15) is 0 Å². The van der Waals surface area contributed by atoms with E-state index in [1.54, 1.807) is 0 Å². The summed E-state index contributed by atoms with van der Waals surface area (Å²) in [4.78, 5) is 0. The molecule has 0 unspecified atom stereocenters. The quantitative estimate of drug-likeness (QED) is 0.590. The molecule has 1 N–H and O–H groups in total. The zero-order chi connectivity index (χ0) is 14.8. The minimum atomic E-state index is 0.468. The van der Waals surface area contributed by atoms with Crippen LogP contribution in [0.15, 0.2) is 24.3 Å². The number of nitrogens with zero attached hydrogens (tertiary/aromatic N) is 1. The highest BCUT2D eigenvalue weighted by Crippen LogP contribution is 2.34. The minimum absolute atomic E-state index is 0.468. The maximum Gasteiger partial charge on any atom is 0.177 e. The highest BCUT2D eigenvalue weighted by molar-refractivity contribution is 5.54. The zero-order valence-electron chi connectivity index (χ0n) is 13.6. The van der Waals surface area contributed by atoms with Gasteiger partial charge >= 0.3 is 0 Å². The Morgan fingerprint density at radius 1 is 0.800 bits per heavy atom. The maximum atomic E-state index is 10.3. The van der Waals surface area contributed by atoms with Crippen molar-refractivity contribution in [3.8, 4) is 5.75 Å². The monoisotopic (exact) mass is 278 g/mol. The third-order valence-electron chi connectivity index (χ3n) is 4.21. The highest BCUT2D eigenvalue weighted by atomic mass is 16.3. The molecule has 0 aliphatic rings. The van der Waals surface area contributed by atoms with Crippen molar-refractivity contribution in [1.29, 1.82) is 0 Å². The molecule has 0 atom stereocenters. The van der Waals surface area contributed by atoms with Crippen LogP contribution in [-0.4, -0.2) is 24.7 Å². The van der Waals surface area contributed by atoms with E-state index in [0.717, 1.165) is 29.8 Å². The van der Waals surface area contributed by atoms with Crippen LogP contribution in [0.25, 0.3) is 0 Å². The number of quaternary nitrogens is 1. The van der Waals surface area contributed by atoms with Gasteiger partial charge in [-0.2, -0.15) is 0 Å². The molecule has 0 amide bonds. The second-order valence-electron chi connectivity index (χ2n) is 5.87. The van der Waals surface area contributed by atoms with Gasteiger partial charge in [0.2, 0.25) is 0 Å². The second kappa shape index (κ2) is 9.02. The average Bonchev–Trinajstić information content (AvgIpc) is 2.48. The van der Waals surface area contributed by atoms with Crippen LogP contribution in [0.4, 0.5) is 5.69 Å². The van der Waals surface area contributed by atoms with E-state index >= 15 is 0 Å². The molecule has 1 rings (SSSR count). The summed E-state index contributed by atoms with van der Waals surface area (Å²) < 4.78 is 0.961. The van der Waals surface area contributed by atoms with Gasteiger partial charge in [0.05, 0.1) is 19.6 Å². The largest absolute Gasteiger partial charge is 0.503 e. The number of benzene rings is 1. The van der Waals surface area contributed by atoms with Crippen molar-refractivity contribution in [2.75, 3.05) is 19.6 Å². The number of para-hydroxylation sites is 2. The van der Waals surface area contributed by atoms with Crippen molar-refractivity contribution in [2.45, 2.75) is 59.3 Å². The van der Waals surface area contributed by atoms with Crippen molar-refractivity contribution in [1.82, 2.24) is 4.48 Å². The lowest BCUT2D eigenvalue weighted by molar-refractivity contribution is 0.252. The SMILES string of the molecule is CCCC[N+](CCCC)(CCCC)c1ccccc1O. The van der Waals surface area contributed by atoms with Gasteiger partial charge in [0.25, 0.3) is 0 Å². The lowest BCUT2D eigenvalue weighted by Crippen LogP contribution is -2.51. The standard InChI is InChI=1S/C18H31NO/c1-4-7-14-19(15-8-5-2,16-9-6-3)17-12-10-11-13-18(17)20/h10-13H,4-9,14-16H2,1-3H3/p+1. The Morgan fingerprint density at radius 2 is 1.25 bits per heavy atom. The van der Waals surface area contributed by atoms with Crippen LogP contribution in [0.1, 0.15) is 59.3 Å². The van der Waals surface area contributed by atoms with Crippen molar-refractivity contribution < 1.29 is 5.11 Å². The fourth-order valence-electron chi connectivity index (χ4n) is 2.94. The predicted molar refractivity (Wildman–Crippen MR) is 89.2 cm³/mol. The van der Waals surface area contributed by atoms with Crippen LogP contribution in [0.2, 0.25) is 0 Å². The van der Waals surface area contributed by atoms with Gasteiger partial charge in [-0.15, -0.1) is 0 Å². The average molecular weight is 278 g/mol. The lowest BCUT2D eigenvalue weighted by atomic mass is 10.1. The highest BCUT2D eigenvalue weighted by Gasteiger charge is 2.31. The van der Waals surface area contributed by atoms with Gasteiger partial charge in [0.15, 0.2) is 11.4 Å². The third-order valence-corrected chi connectivity index (χ3v) is 4.21. The summed E-state index contributed by atoms with van der Waals surface area (Å²) in [5.41, 5.74) is 1.13. The molecule has 20 heavy (non-hydrogen) atoms. The van der Waals surface area contributed by atoms with Crippen LogP contribution in [0.5, 0.6) is 5.75 Å². The summed E-state index contributed by atoms with van der Waals surface area (Å²) in [5, 5.41) is 10.3. The number of aromatic hydroxyl groups is 1. The molecule has 1 aromatic rings. The summed E-state index contributed by atoms with van der Waals surface area (Å²) in [6.45, 7) is 10.2. The van der Waals surface area contributed by atoms with E-state index in [0.29, 0.717) is 5.75 Å². The van der Waals surface area contributed by atoms with E-state index < -0.39 is 0 Å². The van der Waals surface area contributed by atoms with Gasteiger partial charge in [-0.05, 0) is 25.3 Å². The van der Waals surface area contributed by atoms with Crippen LogP contribution in [0, 0.1) is 0 Å². The van der Waals surface area contributed by atoms with Gasteiger partial charge in [-0.3, -0.25) is 4.48 Å². The third kappa shape index (κ3) is 4.52. The Labute approximate surface area is 125 Å². The summed E-state index contributed by atoms with van der Waals surface area (Å²) in [5.74, 6) is 0.468. The molecule has 114 valence electrons. The predicted octanol–water partition coefficient (Wildman–Crippen LogP) is 5.10. The molecular weight excluding hydrogens is 246 g/mol. The summed E-state index contributed by atoms with van der Waals surface area (Å²) >= 11 is 0. The molecule has 0 saturated heterocycles. The number of phenols is 1. The van der Waals surface area contributed by atoms with Gasteiger partial charge in [-0.25, -0.2) is 0 Å². The van der Waals surface area contributed by atoms with Crippen molar-refractivity contribution >= 4 is 5.69 Å². The summed E-state index contributed by atoms with van der Waals surface area (Å²) in [7, 11) is 0. The first-order valence-corrected chi connectivity index (χ1v) is 8.34. The maximum absolute atomic E-state index is 10.3. The Hall–Kier alpha value is -1.02. The summed E-state index contributed by atoms with van der Waals surface area (Å²) in [6, 6.07) is 7.95. The minimum Gasteiger partial charge on any atom is -0.503 e. The van der Waals surface area contributed by atoms with E-state index in [4.69, 9.17) is 0 Å². The fraction of sp³-hybridized carbons (Fsp3) is 0.667. The molecule has 2 nitrogen and oxygen atoms in total. The molecule has 2 heteroatoms. The molecule has 0 radical (unpaired) electrons. The van der Waals surface area contributed by atoms with E-state index in [9.17, 15) is 5.11 Å². The van der Waals surface area contributed by atoms with Crippen LogP contribution >= 0.6 is 0 Å². The van der Waals surface area contributed by atoms with Crippen molar-refractivity contribution in [3.63, 3.8) is 0 Å². The topological polar surface area (TPSA) is 20.2 Å². The van der Waals surface area contributed by atoms with Crippen LogP contribution < -0.4 is 4.48 Å². The summed E-state index contributed by atoms with van der Waals surface area (Å²) in [6.07, 6.45) is 7.31. The number of rotatable bonds is 10.